The number of nitrogens with zero attached hydrogens (tertiary/aromatic N) is 1. The molecule has 0 spiro atoms. The van der Waals surface area contributed by atoms with Crippen LogP contribution in [0.2, 0.25) is 5.02 Å². The summed E-state index contributed by atoms with van der Waals surface area (Å²) in [7, 11) is 0. The standard InChI is InChI=1S/C13H11BrClN3O2/c1-6-2-8(14)11(4-9(6)15)18-12-10(16)3-7(5-17-12)13(19)20/h2-5H,16H2,1H3,(H,17,18)(H,19,20). The molecule has 104 valence electrons. The monoisotopic (exact) mass is 355 g/mol. The fourth-order valence-corrected chi connectivity index (χ4v) is 2.29. The highest BCUT2D eigenvalue weighted by Gasteiger charge is 2.10. The summed E-state index contributed by atoms with van der Waals surface area (Å²) < 4.78 is 0.808. The second kappa shape index (κ2) is 5.68. The Morgan fingerprint density at radius 1 is 1.45 bits per heavy atom. The van der Waals surface area contributed by atoms with E-state index < -0.39 is 5.97 Å². The fraction of sp³-hybridized carbons (Fsp3) is 0.0769. The van der Waals surface area contributed by atoms with Gasteiger partial charge in [-0.1, -0.05) is 11.6 Å². The number of rotatable bonds is 3. The number of anilines is 3. The number of aromatic carboxylic acids is 1. The predicted molar refractivity (Wildman–Crippen MR) is 82.8 cm³/mol. The SMILES string of the molecule is Cc1cc(Br)c(Nc2ncc(C(=O)O)cc2N)cc1Cl. The molecule has 20 heavy (non-hydrogen) atoms. The average Bonchev–Trinajstić information content (AvgIpc) is 2.37. The van der Waals surface area contributed by atoms with Gasteiger partial charge in [-0.2, -0.15) is 0 Å². The molecule has 0 saturated heterocycles. The Balaban J connectivity index is 2.35. The van der Waals surface area contributed by atoms with Gasteiger partial charge in [-0.25, -0.2) is 9.78 Å². The smallest absolute Gasteiger partial charge is 0.337 e. The number of pyridine rings is 1. The van der Waals surface area contributed by atoms with Gasteiger partial charge in [-0.3, -0.25) is 0 Å². The summed E-state index contributed by atoms with van der Waals surface area (Å²) in [6.45, 7) is 1.89. The zero-order chi connectivity index (χ0) is 14.9. The molecule has 1 aromatic heterocycles. The quantitative estimate of drug-likeness (QED) is 0.778. The van der Waals surface area contributed by atoms with Crippen molar-refractivity contribution in [2.45, 2.75) is 6.92 Å². The highest BCUT2D eigenvalue weighted by molar-refractivity contribution is 9.10. The third-order valence-electron chi connectivity index (χ3n) is 2.67. The van der Waals surface area contributed by atoms with Crippen LogP contribution in [0.15, 0.2) is 28.9 Å². The van der Waals surface area contributed by atoms with Gasteiger partial charge in [0.05, 0.1) is 16.9 Å². The maximum Gasteiger partial charge on any atom is 0.337 e. The molecule has 2 aromatic rings. The van der Waals surface area contributed by atoms with Gasteiger partial charge >= 0.3 is 5.97 Å². The van der Waals surface area contributed by atoms with E-state index in [9.17, 15) is 4.79 Å². The van der Waals surface area contributed by atoms with Crippen molar-refractivity contribution in [3.05, 3.63) is 45.0 Å². The third kappa shape index (κ3) is 3.02. The highest BCUT2D eigenvalue weighted by Crippen LogP contribution is 2.32. The Morgan fingerprint density at radius 3 is 2.75 bits per heavy atom. The number of benzene rings is 1. The Bertz CT molecular complexity index is 692. The van der Waals surface area contributed by atoms with Crippen LogP contribution in [0, 0.1) is 6.92 Å². The molecule has 0 atom stereocenters. The molecule has 1 heterocycles. The molecule has 4 N–H and O–H groups in total. The molecule has 0 aliphatic heterocycles. The summed E-state index contributed by atoms with van der Waals surface area (Å²) in [5.74, 6) is -0.703. The van der Waals surface area contributed by atoms with E-state index in [0.717, 1.165) is 10.0 Å². The Morgan fingerprint density at radius 2 is 2.15 bits per heavy atom. The fourth-order valence-electron chi connectivity index (χ4n) is 1.57. The molecular weight excluding hydrogens is 346 g/mol. The lowest BCUT2D eigenvalue weighted by molar-refractivity contribution is 0.0696. The topological polar surface area (TPSA) is 88.2 Å². The number of aryl methyl sites for hydroxylation is 1. The van der Waals surface area contributed by atoms with Gasteiger partial charge in [-0.15, -0.1) is 0 Å². The normalized spacial score (nSPS) is 10.3. The Hall–Kier alpha value is -1.79. The molecule has 0 radical (unpaired) electrons. The van der Waals surface area contributed by atoms with Crippen LogP contribution in [0.3, 0.4) is 0 Å². The van der Waals surface area contributed by atoms with Crippen LogP contribution < -0.4 is 11.1 Å². The molecule has 1 aromatic carbocycles. The Kier molecular flexibility index (Phi) is 4.15. The lowest BCUT2D eigenvalue weighted by Crippen LogP contribution is -2.04. The maximum absolute atomic E-state index is 10.8. The number of carboxylic acid groups (broad SMARTS) is 1. The van der Waals surface area contributed by atoms with Gasteiger partial charge in [0.15, 0.2) is 5.82 Å². The largest absolute Gasteiger partial charge is 0.478 e. The minimum absolute atomic E-state index is 0.0362. The van der Waals surface area contributed by atoms with Crippen molar-refractivity contribution >= 4 is 50.7 Å². The second-order valence-corrected chi connectivity index (χ2v) is 5.43. The lowest BCUT2D eigenvalue weighted by atomic mass is 10.2. The number of hydrogen-bond donors (Lipinski definition) is 3. The molecule has 0 amide bonds. The van der Waals surface area contributed by atoms with Crippen molar-refractivity contribution in [2.75, 3.05) is 11.1 Å². The van der Waals surface area contributed by atoms with Crippen LogP contribution in [0.1, 0.15) is 15.9 Å². The molecule has 2 rings (SSSR count). The second-order valence-electron chi connectivity index (χ2n) is 4.17. The summed E-state index contributed by atoms with van der Waals surface area (Å²) in [5.41, 5.74) is 7.70. The molecule has 0 aliphatic rings. The van der Waals surface area contributed by atoms with Crippen LogP contribution in [0.25, 0.3) is 0 Å². The van der Waals surface area contributed by atoms with Crippen LogP contribution in [-0.4, -0.2) is 16.1 Å². The average molecular weight is 357 g/mol. The van der Waals surface area contributed by atoms with E-state index in [2.05, 4.69) is 26.2 Å². The van der Waals surface area contributed by atoms with Crippen LogP contribution in [-0.2, 0) is 0 Å². The van der Waals surface area contributed by atoms with Gasteiger partial charge < -0.3 is 16.2 Å². The molecule has 0 aliphatic carbocycles. The zero-order valence-corrected chi connectivity index (χ0v) is 12.8. The predicted octanol–water partition coefficient (Wildman–Crippen LogP) is 3.83. The van der Waals surface area contributed by atoms with Crippen LogP contribution in [0.4, 0.5) is 17.2 Å². The van der Waals surface area contributed by atoms with E-state index in [0.29, 0.717) is 16.5 Å². The van der Waals surface area contributed by atoms with Gasteiger partial charge in [0, 0.05) is 15.7 Å². The first-order valence-corrected chi connectivity index (χ1v) is 6.77. The van der Waals surface area contributed by atoms with Crippen molar-refractivity contribution < 1.29 is 9.90 Å². The summed E-state index contributed by atoms with van der Waals surface area (Å²) in [4.78, 5) is 14.8. The lowest BCUT2D eigenvalue weighted by Gasteiger charge is -2.12. The summed E-state index contributed by atoms with van der Waals surface area (Å²) in [5, 5.41) is 12.5. The van der Waals surface area contributed by atoms with Crippen molar-refractivity contribution in [2.24, 2.45) is 0 Å². The van der Waals surface area contributed by atoms with Crippen molar-refractivity contribution in [1.29, 1.82) is 0 Å². The zero-order valence-electron chi connectivity index (χ0n) is 10.4. The molecule has 7 heteroatoms. The van der Waals surface area contributed by atoms with E-state index >= 15 is 0 Å². The number of nitrogen functional groups attached to an aromatic ring is 1. The van der Waals surface area contributed by atoms with Crippen molar-refractivity contribution in [3.8, 4) is 0 Å². The highest BCUT2D eigenvalue weighted by atomic mass is 79.9. The minimum Gasteiger partial charge on any atom is -0.478 e. The molecular formula is C13H11BrClN3O2. The minimum atomic E-state index is -1.07. The third-order valence-corrected chi connectivity index (χ3v) is 3.73. The summed E-state index contributed by atoms with van der Waals surface area (Å²) >= 11 is 9.49. The summed E-state index contributed by atoms with van der Waals surface area (Å²) in [6, 6.07) is 4.96. The van der Waals surface area contributed by atoms with E-state index in [1.54, 1.807) is 6.07 Å². The van der Waals surface area contributed by atoms with Crippen LogP contribution >= 0.6 is 27.5 Å². The number of nitrogens with one attached hydrogen (secondary N) is 1. The van der Waals surface area contributed by atoms with Gasteiger partial charge in [0.2, 0.25) is 0 Å². The number of nitrogens with two attached hydrogens (primary N) is 1. The first-order chi connectivity index (χ1) is 9.38. The first kappa shape index (κ1) is 14.6. The number of aromatic nitrogens is 1. The van der Waals surface area contributed by atoms with Crippen LogP contribution in [0.5, 0.6) is 0 Å². The first-order valence-electron chi connectivity index (χ1n) is 5.60. The number of hydrogen-bond acceptors (Lipinski definition) is 4. The molecule has 0 saturated carbocycles. The molecule has 0 bridgehead atoms. The van der Waals surface area contributed by atoms with Gasteiger partial charge in [0.25, 0.3) is 0 Å². The van der Waals surface area contributed by atoms with E-state index in [4.69, 9.17) is 22.4 Å². The van der Waals surface area contributed by atoms with E-state index in [-0.39, 0.29) is 11.3 Å². The number of carboxylic acids is 1. The van der Waals surface area contributed by atoms with Crippen molar-refractivity contribution in [1.82, 2.24) is 4.98 Å². The van der Waals surface area contributed by atoms with Gasteiger partial charge in [0.1, 0.15) is 0 Å². The Labute approximate surface area is 128 Å². The van der Waals surface area contributed by atoms with Crippen molar-refractivity contribution in [3.63, 3.8) is 0 Å². The summed E-state index contributed by atoms with van der Waals surface area (Å²) in [6.07, 6.45) is 1.24. The van der Waals surface area contributed by atoms with E-state index in [1.807, 2.05) is 13.0 Å². The number of halogens is 2. The molecule has 0 fully saturated rings. The molecule has 0 unspecified atom stereocenters. The maximum atomic E-state index is 10.8. The number of carbonyl (C=O) groups is 1. The van der Waals surface area contributed by atoms with Gasteiger partial charge in [-0.05, 0) is 46.6 Å². The molecule has 5 nitrogen and oxygen atoms in total. The van der Waals surface area contributed by atoms with E-state index in [1.165, 1.54) is 12.3 Å².